The smallest absolute Gasteiger partial charge is 0.231 e. The predicted octanol–water partition coefficient (Wildman–Crippen LogP) is 9.58. The Morgan fingerprint density at radius 3 is 1.44 bits per heavy atom. The van der Waals surface area contributed by atoms with Crippen molar-refractivity contribution >= 4 is 6.85 Å². The molecule has 3 aromatic rings. The summed E-state index contributed by atoms with van der Waals surface area (Å²) < 4.78 is 0. The lowest BCUT2D eigenvalue weighted by atomic mass is 9.30. The molecule has 2 aliphatic heterocycles. The minimum Gasteiger partial charge on any atom is -0.334 e. The highest BCUT2D eigenvalue weighted by atomic mass is 15.1. The number of hydrogen-bond donors (Lipinski definition) is 0. The minimum absolute atomic E-state index is 0.792. The molecule has 10 atom stereocenters. The molecule has 0 radical (unpaired) electrons. The molecule has 2 heteroatoms. The maximum absolute atomic E-state index is 3.06. The van der Waals surface area contributed by atoms with Gasteiger partial charge in [-0.3, -0.25) is 0 Å². The molecule has 10 unspecified atom stereocenters. The van der Waals surface area contributed by atoms with E-state index in [0.717, 1.165) is 65.8 Å². The molecule has 0 N–H and O–H groups in total. The van der Waals surface area contributed by atoms with Crippen LogP contribution in [0.25, 0.3) is 0 Å². The Labute approximate surface area is 248 Å². The van der Waals surface area contributed by atoms with Crippen molar-refractivity contribution < 1.29 is 0 Å². The van der Waals surface area contributed by atoms with Gasteiger partial charge in [-0.2, -0.15) is 0 Å². The second-order valence-corrected chi connectivity index (χ2v) is 15.1. The highest BCUT2D eigenvalue weighted by Crippen LogP contribution is 2.70. The van der Waals surface area contributed by atoms with E-state index >= 15 is 0 Å². The van der Waals surface area contributed by atoms with E-state index in [0.29, 0.717) is 0 Å². The van der Waals surface area contributed by atoms with Crippen molar-refractivity contribution in [2.24, 2.45) is 35.5 Å². The summed E-state index contributed by atoms with van der Waals surface area (Å²) in [5.74, 6) is 8.99. The largest absolute Gasteiger partial charge is 0.334 e. The van der Waals surface area contributed by atoms with Crippen LogP contribution >= 0.6 is 0 Å². The van der Waals surface area contributed by atoms with Crippen molar-refractivity contribution in [2.45, 2.75) is 94.3 Å². The van der Waals surface area contributed by atoms with Crippen LogP contribution in [-0.2, 0) is 13.1 Å². The first kappa shape index (κ1) is 25.2. The van der Waals surface area contributed by atoms with Gasteiger partial charge in [0.05, 0.1) is 0 Å². The molecule has 0 aromatic heterocycles. The zero-order valence-corrected chi connectivity index (χ0v) is 24.7. The quantitative estimate of drug-likeness (QED) is 0.300. The highest BCUT2D eigenvalue weighted by Gasteiger charge is 2.63. The fourth-order valence-electron chi connectivity index (χ4n) is 12.4. The second kappa shape index (κ2) is 10.2. The number of nitrogens with zero attached hydrogens (tertiary/aromatic N) is 1. The maximum atomic E-state index is 3.06. The molecular weight excluding hydrogens is 493 g/mol. The van der Waals surface area contributed by atoms with E-state index in [1.165, 1.54) is 70.9 Å². The van der Waals surface area contributed by atoms with Gasteiger partial charge in [-0.15, -0.1) is 0 Å². The van der Waals surface area contributed by atoms with Gasteiger partial charge in [0.15, 0.2) is 0 Å². The van der Waals surface area contributed by atoms with Gasteiger partial charge in [-0.25, -0.2) is 0 Å². The van der Waals surface area contributed by atoms with Crippen molar-refractivity contribution in [1.29, 1.82) is 0 Å². The van der Waals surface area contributed by atoms with Gasteiger partial charge < -0.3 is 4.81 Å². The third kappa shape index (κ3) is 4.06. The Kier molecular flexibility index (Phi) is 6.24. The monoisotopic (exact) mass is 539 g/mol. The van der Waals surface area contributed by atoms with Crippen molar-refractivity contribution in [3.05, 3.63) is 107 Å². The first-order chi connectivity index (χ1) is 20.3. The van der Waals surface area contributed by atoms with E-state index < -0.39 is 0 Å². The average molecular weight is 540 g/mol. The van der Waals surface area contributed by atoms with Gasteiger partial charge in [0.2, 0.25) is 6.85 Å². The predicted molar refractivity (Wildman–Crippen MR) is 170 cm³/mol. The minimum atomic E-state index is 0.792. The molecule has 0 amide bonds. The lowest BCUT2D eigenvalue weighted by Crippen LogP contribution is -2.52. The van der Waals surface area contributed by atoms with Crippen molar-refractivity contribution in [2.75, 3.05) is 0 Å². The van der Waals surface area contributed by atoms with E-state index in [2.05, 4.69) is 89.7 Å². The summed E-state index contributed by atoms with van der Waals surface area (Å²) in [5.41, 5.74) is 6.52. The van der Waals surface area contributed by atoms with Gasteiger partial charge >= 0.3 is 0 Å². The Bertz CT molecular complexity index is 1270. The lowest BCUT2D eigenvalue weighted by Gasteiger charge is -2.49. The number of hydrogen-bond acceptors (Lipinski definition) is 1. The van der Waals surface area contributed by atoms with Crippen LogP contribution in [0.5, 0.6) is 0 Å². The van der Waals surface area contributed by atoms with Crippen LogP contribution in [-0.4, -0.2) is 11.7 Å². The summed E-state index contributed by atoms with van der Waals surface area (Å²) >= 11 is 0. The summed E-state index contributed by atoms with van der Waals surface area (Å²) in [6.07, 6.45) is 13.2. The molecule has 2 heterocycles. The molecule has 1 nitrogen and oxygen atoms in total. The van der Waals surface area contributed by atoms with Crippen LogP contribution in [0.1, 0.15) is 91.9 Å². The fourth-order valence-corrected chi connectivity index (χ4v) is 12.4. The molecule has 1 saturated heterocycles. The summed E-state index contributed by atoms with van der Waals surface area (Å²) in [6, 6.07) is 32.8. The summed E-state index contributed by atoms with van der Waals surface area (Å²) in [5, 5.41) is 0. The van der Waals surface area contributed by atoms with E-state index in [9.17, 15) is 0 Å². The van der Waals surface area contributed by atoms with Crippen LogP contribution in [0.4, 0.5) is 0 Å². The Morgan fingerprint density at radius 2 is 0.951 bits per heavy atom. The van der Waals surface area contributed by atoms with E-state index in [-0.39, 0.29) is 0 Å². The average Bonchev–Trinajstić information content (AvgIpc) is 3.73. The van der Waals surface area contributed by atoms with Crippen LogP contribution in [0, 0.1) is 35.5 Å². The number of fused-ring (bicyclic) bond motifs is 7. The highest BCUT2D eigenvalue weighted by molar-refractivity contribution is 6.60. The van der Waals surface area contributed by atoms with Crippen LogP contribution < -0.4 is 0 Å². The van der Waals surface area contributed by atoms with Crippen LogP contribution in [0.3, 0.4) is 0 Å². The molecule has 4 aliphatic carbocycles. The first-order valence-electron chi connectivity index (χ1n) is 17.2. The van der Waals surface area contributed by atoms with Crippen molar-refractivity contribution in [3.63, 3.8) is 0 Å². The molecule has 5 fully saturated rings. The fraction of sp³-hybridized carbons (Fsp3) is 0.538. The molecule has 6 aliphatic rings. The normalized spacial score (nSPS) is 39.5. The summed E-state index contributed by atoms with van der Waals surface area (Å²) in [4.78, 5) is 3.06. The molecule has 3 aromatic carbocycles. The van der Waals surface area contributed by atoms with E-state index in [1.807, 2.05) is 0 Å². The summed E-state index contributed by atoms with van der Waals surface area (Å²) in [7, 11) is 0. The molecule has 9 rings (SSSR count). The number of rotatable bonds is 3. The van der Waals surface area contributed by atoms with Crippen molar-refractivity contribution in [3.8, 4) is 0 Å². The van der Waals surface area contributed by atoms with Crippen LogP contribution in [0.2, 0.25) is 11.6 Å². The molecule has 41 heavy (non-hydrogen) atoms. The van der Waals surface area contributed by atoms with Gasteiger partial charge in [0.1, 0.15) is 0 Å². The third-order valence-corrected chi connectivity index (χ3v) is 13.6. The van der Waals surface area contributed by atoms with E-state index in [1.54, 1.807) is 22.3 Å². The topological polar surface area (TPSA) is 3.24 Å². The van der Waals surface area contributed by atoms with Crippen LogP contribution in [0.15, 0.2) is 84.9 Å². The lowest BCUT2D eigenvalue weighted by molar-refractivity contribution is 0.218. The van der Waals surface area contributed by atoms with Gasteiger partial charge in [-0.1, -0.05) is 111 Å². The zero-order chi connectivity index (χ0) is 26.9. The Hall–Kier alpha value is -2.32. The Balaban J connectivity index is 1.09. The number of benzene rings is 3. The Morgan fingerprint density at radius 1 is 0.488 bits per heavy atom. The zero-order valence-electron chi connectivity index (χ0n) is 24.7. The van der Waals surface area contributed by atoms with E-state index in [4.69, 9.17) is 0 Å². The van der Waals surface area contributed by atoms with Gasteiger partial charge in [0.25, 0.3) is 0 Å². The standard InChI is InChI=1S/C39H46BN/c1-3-11-26(12-4-1)32-17-9-19-34-36(32)22-30-21-31-23-37-33(27-13-5-2-6-14-27)18-10-20-35(37)39(31)40(38(30)34)41-24-28-15-7-8-16-29(28)25-41/h1-8,11-16,30-39H,9-10,17-25H2. The summed E-state index contributed by atoms with van der Waals surface area (Å²) in [6.45, 7) is 3.19. The molecule has 0 bridgehead atoms. The molecule has 4 saturated carbocycles. The van der Waals surface area contributed by atoms with Gasteiger partial charge in [-0.05, 0) is 113 Å². The maximum Gasteiger partial charge on any atom is 0.231 e. The molecular formula is C39H46BN. The SMILES string of the molecule is c1ccc(C2CCCC3C2CC2CC4CC5C(c6ccccc6)CCCC5C4B(N4Cc5ccccc5C4)C23)cc1. The third-order valence-electron chi connectivity index (χ3n) is 13.6. The van der Waals surface area contributed by atoms with Crippen molar-refractivity contribution in [1.82, 2.24) is 4.81 Å². The first-order valence-corrected chi connectivity index (χ1v) is 17.2. The second-order valence-electron chi connectivity index (χ2n) is 15.1. The molecule has 210 valence electrons. The molecule has 0 spiro atoms. The van der Waals surface area contributed by atoms with Gasteiger partial charge in [0, 0.05) is 13.1 Å².